The predicted octanol–water partition coefficient (Wildman–Crippen LogP) is 2.44. The molecule has 1 unspecified atom stereocenters. The highest BCUT2D eigenvalue weighted by atomic mass is 79.9. The van der Waals surface area contributed by atoms with Crippen LogP contribution in [0.2, 0.25) is 0 Å². The molecule has 0 spiro atoms. The molecule has 1 heterocycles. The van der Waals surface area contributed by atoms with Crippen LogP contribution >= 0.6 is 16.1 Å². The van der Waals surface area contributed by atoms with Gasteiger partial charge in [-0.3, -0.25) is 0 Å². The summed E-state index contributed by atoms with van der Waals surface area (Å²) in [6.45, 7) is 4.72. The number of hydrogen-bond donors (Lipinski definition) is 0. The molecule has 1 fully saturated rings. The zero-order valence-corrected chi connectivity index (χ0v) is 10.4. The van der Waals surface area contributed by atoms with Crippen LogP contribution in [0.5, 0.6) is 0 Å². The van der Waals surface area contributed by atoms with Crippen molar-refractivity contribution in [3.63, 3.8) is 0 Å². The summed E-state index contributed by atoms with van der Waals surface area (Å²) in [4.78, 5) is 0. The van der Waals surface area contributed by atoms with Gasteiger partial charge in [0.05, 0.1) is 34.5 Å². The molecule has 82 valence electrons. The van der Waals surface area contributed by atoms with E-state index in [4.69, 9.17) is 4.74 Å². The van der Waals surface area contributed by atoms with Crippen molar-refractivity contribution in [2.24, 2.45) is 0 Å². The van der Waals surface area contributed by atoms with Gasteiger partial charge in [-0.2, -0.15) is 0 Å². The lowest BCUT2D eigenvalue weighted by atomic mass is 10.3. The number of anilines is 1. The van der Waals surface area contributed by atoms with Crippen molar-refractivity contribution in [1.82, 2.24) is 5.01 Å². The van der Waals surface area contributed by atoms with Crippen LogP contribution in [0.1, 0.15) is 6.92 Å². The summed E-state index contributed by atoms with van der Waals surface area (Å²) in [6.07, 6.45) is 0.294. The van der Waals surface area contributed by atoms with Crippen LogP contribution in [0.25, 0.3) is 0 Å². The van der Waals surface area contributed by atoms with Crippen LogP contribution in [-0.2, 0) is 4.74 Å². The number of ether oxygens (including phenoxy) is 1. The van der Waals surface area contributed by atoms with Gasteiger partial charge in [0.25, 0.3) is 0 Å². The molecule has 1 aromatic carbocycles. The van der Waals surface area contributed by atoms with E-state index < -0.39 is 0 Å². The third kappa shape index (κ3) is 2.71. The Labute approximate surface area is 98.9 Å². The molecule has 3 nitrogen and oxygen atoms in total. The Morgan fingerprint density at radius 1 is 1.40 bits per heavy atom. The highest BCUT2D eigenvalue weighted by Gasteiger charge is 2.21. The van der Waals surface area contributed by atoms with Gasteiger partial charge in [-0.1, -0.05) is 18.2 Å². The Morgan fingerprint density at radius 2 is 2.13 bits per heavy atom. The van der Waals surface area contributed by atoms with E-state index in [9.17, 15) is 0 Å². The quantitative estimate of drug-likeness (QED) is 0.768. The number of benzene rings is 1. The number of halogens is 1. The molecular formula is C11H15BrN2O. The molecule has 0 bridgehead atoms. The van der Waals surface area contributed by atoms with Crippen molar-refractivity contribution in [2.75, 3.05) is 23.7 Å². The van der Waals surface area contributed by atoms with E-state index in [1.165, 1.54) is 0 Å². The second kappa shape index (κ2) is 4.96. The van der Waals surface area contributed by atoms with Gasteiger partial charge in [0, 0.05) is 13.1 Å². The molecule has 0 saturated carbocycles. The topological polar surface area (TPSA) is 15.7 Å². The van der Waals surface area contributed by atoms with Crippen LogP contribution in [0.4, 0.5) is 5.69 Å². The molecule has 0 amide bonds. The maximum absolute atomic E-state index is 5.50. The van der Waals surface area contributed by atoms with Gasteiger partial charge in [0.1, 0.15) is 0 Å². The van der Waals surface area contributed by atoms with Crippen molar-refractivity contribution < 1.29 is 4.74 Å². The van der Waals surface area contributed by atoms with Gasteiger partial charge in [0.15, 0.2) is 0 Å². The number of rotatable bonds is 2. The minimum Gasteiger partial charge on any atom is -0.376 e. The zero-order valence-electron chi connectivity index (χ0n) is 8.77. The molecule has 15 heavy (non-hydrogen) atoms. The molecule has 2 rings (SSSR count). The van der Waals surface area contributed by atoms with Gasteiger partial charge < -0.3 is 4.74 Å². The summed E-state index contributed by atoms with van der Waals surface area (Å²) in [5, 5.41) is 2.24. The summed E-state index contributed by atoms with van der Waals surface area (Å²) in [5.74, 6) is 0. The molecule has 1 aliphatic heterocycles. The second-order valence-corrected chi connectivity index (χ2v) is 4.36. The Balaban J connectivity index is 2.04. The van der Waals surface area contributed by atoms with Gasteiger partial charge in [0.2, 0.25) is 0 Å². The largest absolute Gasteiger partial charge is 0.376 e. The molecule has 1 aromatic rings. The van der Waals surface area contributed by atoms with E-state index in [0.717, 1.165) is 25.4 Å². The fraction of sp³-hybridized carbons (Fsp3) is 0.455. The first-order valence-corrected chi connectivity index (χ1v) is 5.86. The van der Waals surface area contributed by atoms with Gasteiger partial charge in [-0.05, 0) is 19.1 Å². The summed E-state index contributed by atoms with van der Waals surface area (Å²) in [5.41, 5.74) is 1.15. The predicted molar refractivity (Wildman–Crippen MR) is 64.8 cm³/mol. The smallest absolute Gasteiger partial charge is 0.0693 e. The Hall–Kier alpha value is -0.580. The van der Waals surface area contributed by atoms with Crippen molar-refractivity contribution in [3.05, 3.63) is 30.3 Å². The normalized spacial score (nSPS) is 22.7. The lowest BCUT2D eigenvalue weighted by molar-refractivity contribution is -0.0145. The van der Waals surface area contributed by atoms with Crippen LogP contribution < -0.4 is 4.03 Å². The molecule has 0 aromatic heterocycles. The first-order valence-electron chi connectivity index (χ1n) is 5.15. The van der Waals surface area contributed by atoms with E-state index in [1.54, 1.807) is 0 Å². The molecule has 4 heteroatoms. The molecule has 1 atom stereocenters. The Bertz CT molecular complexity index is 307. The van der Waals surface area contributed by atoms with Crippen LogP contribution in [0.3, 0.4) is 0 Å². The van der Waals surface area contributed by atoms with E-state index in [0.29, 0.717) is 6.10 Å². The zero-order chi connectivity index (χ0) is 10.7. The highest BCUT2D eigenvalue weighted by molar-refractivity contribution is 9.10. The fourth-order valence-corrected chi connectivity index (χ4v) is 2.20. The average molecular weight is 271 g/mol. The molecular weight excluding hydrogens is 256 g/mol. The molecule has 1 saturated heterocycles. The van der Waals surface area contributed by atoms with Crippen molar-refractivity contribution >= 4 is 21.8 Å². The van der Waals surface area contributed by atoms with E-state index in [2.05, 4.69) is 40.2 Å². The molecule has 0 aliphatic carbocycles. The molecule has 1 aliphatic rings. The van der Waals surface area contributed by atoms with E-state index in [1.807, 2.05) is 22.2 Å². The number of hydrazine groups is 1. The van der Waals surface area contributed by atoms with E-state index >= 15 is 0 Å². The first kappa shape index (κ1) is 10.9. The lowest BCUT2D eigenvalue weighted by Gasteiger charge is -2.36. The first-order chi connectivity index (χ1) is 7.27. The highest BCUT2D eigenvalue weighted by Crippen LogP contribution is 2.21. The molecule has 0 N–H and O–H groups in total. The SMILES string of the molecule is CC1CN(N(Br)c2ccccc2)CCO1. The number of morpholine rings is 1. The minimum absolute atomic E-state index is 0.294. The van der Waals surface area contributed by atoms with Gasteiger partial charge in [-0.25, -0.2) is 9.04 Å². The van der Waals surface area contributed by atoms with Crippen molar-refractivity contribution in [1.29, 1.82) is 0 Å². The third-order valence-electron chi connectivity index (χ3n) is 2.44. The summed E-state index contributed by atoms with van der Waals surface area (Å²) in [6, 6.07) is 10.2. The summed E-state index contributed by atoms with van der Waals surface area (Å²) < 4.78 is 7.52. The minimum atomic E-state index is 0.294. The fourth-order valence-electron chi connectivity index (χ4n) is 1.67. The van der Waals surface area contributed by atoms with Crippen LogP contribution in [0, 0.1) is 0 Å². The van der Waals surface area contributed by atoms with Gasteiger partial charge >= 0.3 is 0 Å². The Morgan fingerprint density at radius 3 is 2.80 bits per heavy atom. The van der Waals surface area contributed by atoms with Gasteiger partial charge in [-0.15, -0.1) is 0 Å². The third-order valence-corrected chi connectivity index (χ3v) is 3.30. The van der Waals surface area contributed by atoms with Crippen molar-refractivity contribution in [2.45, 2.75) is 13.0 Å². The average Bonchev–Trinajstić information content (AvgIpc) is 2.29. The summed E-state index contributed by atoms with van der Waals surface area (Å²) in [7, 11) is 0. The van der Waals surface area contributed by atoms with Crippen molar-refractivity contribution in [3.8, 4) is 0 Å². The maximum atomic E-state index is 5.50. The second-order valence-electron chi connectivity index (χ2n) is 3.69. The van der Waals surface area contributed by atoms with E-state index in [-0.39, 0.29) is 0 Å². The lowest BCUT2D eigenvalue weighted by Crippen LogP contribution is -2.47. The maximum Gasteiger partial charge on any atom is 0.0693 e. The standard InChI is InChI=1S/C11H15BrN2O/c1-10-9-13(7-8-15-10)14(12)11-5-3-2-4-6-11/h2-6,10H,7-9H2,1H3. The van der Waals surface area contributed by atoms with Crippen LogP contribution in [-0.4, -0.2) is 30.8 Å². The summed E-state index contributed by atoms with van der Waals surface area (Å²) >= 11 is 3.58. The monoisotopic (exact) mass is 270 g/mol. The number of para-hydroxylation sites is 1. The van der Waals surface area contributed by atoms with Crippen LogP contribution in [0.15, 0.2) is 30.3 Å². The number of nitrogens with zero attached hydrogens (tertiary/aromatic N) is 2. The molecule has 0 radical (unpaired) electrons. The Kier molecular flexibility index (Phi) is 3.61. The number of hydrogen-bond acceptors (Lipinski definition) is 3.